The molecular formula is C18H23ClN2O2. The predicted octanol–water partition coefficient (Wildman–Crippen LogP) is 3.51. The quantitative estimate of drug-likeness (QED) is 0.831. The molecule has 3 rings (SSSR count). The second kappa shape index (κ2) is 7.37. The zero-order chi connectivity index (χ0) is 16.2. The van der Waals surface area contributed by atoms with Crippen LogP contribution in [0.2, 0.25) is 5.02 Å². The first-order chi connectivity index (χ1) is 11.1. The molecular weight excluding hydrogens is 312 g/mol. The van der Waals surface area contributed by atoms with E-state index >= 15 is 0 Å². The van der Waals surface area contributed by atoms with Gasteiger partial charge in [-0.25, -0.2) is 4.79 Å². The van der Waals surface area contributed by atoms with Gasteiger partial charge in [0.05, 0.1) is 6.10 Å². The Bertz CT molecular complexity index is 557. The highest BCUT2D eigenvalue weighted by atomic mass is 35.5. The number of piperidine rings is 1. The Morgan fingerprint density at radius 1 is 1.17 bits per heavy atom. The van der Waals surface area contributed by atoms with Gasteiger partial charge in [-0.2, -0.15) is 0 Å². The number of likely N-dealkylation sites (tertiary alicyclic amines) is 1. The van der Waals surface area contributed by atoms with Gasteiger partial charge in [0.25, 0.3) is 0 Å². The number of rotatable bonds is 3. The van der Waals surface area contributed by atoms with Crippen LogP contribution in [0.5, 0.6) is 0 Å². The fraction of sp³-hybridized carbons (Fsp3) is 0.500. The van der Waals surface area contributed by atoms with Crippen molar-refractivity contribution in [3.8, 4) is 0 Å². The lowest BCUT2D eigenvalue weighted by Crippen LogP contribution is -2.47. The van der Waals surface area contributed by atoms with Gasteiger partial charge >= 0.3 is 6.03 Å². The summed E-state index contributed by atoms with van der Waals surface area (Å²) in [4.78, 5) is 14.1. The van der Waals surface area contributed by atoms with Crippen LogP contribution in [-0.2, 0) is 0 Å². The molecule has 0 saturated carbocycles. The lowest BCUT2D eigenvalue weighted by atomic mass is 9.87. The minimum Gasteiger partial charge on any atom is -0.388 e. The predicted molar refractivity (Wildman–Crippen MR) is 91.4 cm³/mol. The first kappa shape index (κ1) is 16.3. The maximum absolute atomic E-state index is 12.2. The fourth-order valence-corrected chi connectivity index (χ4v) is 3.48. The first-order valence-corrected chi connectivity index (χ1v) is 8.65. The van der Waals surface area contributed by atoms with E-state index in [2.05, 4.69) is 17.5 Å². The second-order valence-corrected chi connectivity index (χ2v) is 6.85. The molecule has 0 radical (unpaired) electrons. The Morgan fingerprint density at radius 2 is 1.78 bits per heavy atom. The summed E-state index contributed by atoms with van der Waals surface area (Å²) >= 11 is 5.89. The summed E-state index contributed by atoms with van der Waals surface area (Å²) in [6.07, 6.45) is 7.23. The Hall–Kier alpha value is -1.52. The normalized spacial score (nSPS) is 20.7. The highest BCUT2D eigenvalue weighted by Gasteiger charge is 2.29. The molecule has 1 fully saturated rings. The minimum absolute atomic E-state index is 0.0260. The summed E-state index contributed by atoms with van der Waals surface area (Å²) in [5.74, 6) is 0.188. The fourth-order valence-electron chi connectivity index (χ4n) is 3.35. The van der Waals surface area contributed by atoms with Crippen LogP contribution in [0, 0.1) is 5.92 Å². The van der Waals surface area contributed by atoms with E-state index in [1.54, 1.807) is 12.1 Å². The van der Waals surface area contributed by atoms with Crippen molar-refractivity contribution in [1.29, 1.82) is 0 Å². The minimum atomic E-state index is -0.489. The number of nitrogens with zero attached hydrogens (tertiary/aromatic N) is 1. The van der Waals surface area contributed by atoms with Crippen LogP contribution in [0.1, 0.15) is 37.4 Å². The molecule has 1 aliphatic carbocycles. The SMILES string of the molecule is O=C(NC1CC=CC1)N1CCC(C(O)c2ccc(Cl)cc2)CC1. The van der Waals surface area contributed by atoms with Crippen molar-refractivity contribution in [2.45, 2.75) is 37.8 Å². The van der Waals surface area contributed by atoms with E-state index in [-0.39, 0.29) is 18.0 Å². The molecule has 1 aromatic rings. The molecule has 1 atom stereocenters. The smallest absolute Gasteiger partial charge is 0.317 e. The number of aliphatic hydroxyl groups is 1. The lowest BCUT2D eigenvalue weighted by molar-refractivity contribution is 0.0662. The van der Waals surface area contributed by atoms with Crippen molar-refractivity contribution < 1.29 is 9.90 Å². The number of hydrogen-bond acceptors (Lipinski definition) is 2. The van der Waals surface area contributed by atoms with Gasteiger partial charge < -0.3 is 15.3 Å². The Kier molecular flexibility index (Phi) is 5.23. The summed E-state index contributed by atoms with van der Waals surface area (Å²) in [5, 5.41) is 14.3. The third kappa shape index (κ3) is 4.06. The maximum atomic E-state index is 12.2. The van der Waals surface area contributed by atoms with E-state index in [0.29, 0.717) is 18.1 Å². The van der Waals surface area contributed by atoms with E-state index in [0.717, 1.165) is 31.2 Å². The van der Waals surface area contributed by atoms with Crippen LogP contribution >= 0.6 is 11.6 Å². The zero-order valence-corrected chi connectivity index (χ0v) is 13.9. The standard InChI is InChI=1S/C18H23ClN2O2/c19-15-7-5-13(6-8-15)17(22)14-9-11-21(12-10-14)18(23)20-16-3-1-2-4-16/h1-2,5-8,14,16-17,22H,3-4,9-12H2,(H,20,23). The number of aliphatic hydroxyl groups excluding tert-OH is 1. The summed E-state index contributed by atoms with van der Waals surface area (Å²) in [7, 11) is 0. The largest absolute Gasteiger partial charge is 0.388 e. The molecule has 2 amide bonds. The average Bonchev–Trinajstić information content (AvgIpc) is 3.08. The maximum Gasteiger partial charge on any atom is 0.317 e. The van der Waals surface area contributed by atoms with E-state index in [1.165, 1.54) is 0 Å². The summed E-state index contributed by atoms with van der Waals surface area (Å²) in [6, 6.07) is 7.63. The molecule has 0 bridgehead atoms. The van der Waals surface area contributed by atoms with Crippen molar-refractivity contribution in [1.82, 2.24) is 10.2 Å². The third-order valence-corrected chi connectivity index (χ3v) is 5.07. The Morgan fingerprint density at radius 3 is 2.39 bits per heavy atom. The number of amides is 2. The molecule has 1 aromatic carbocycles. The van der Waals surface area contributed by atoms with Crippen molar-refractivity contribution >= 4 is 17.6 Å². The molecule has 5 heteroatoms. The Labute approximate surface area is 142 Å². The molecule has 4 nitrogen and oxygen atoms in total. The number of carbonyl (C=O) groups excluding carboxylic acids is 1. The van der Waals surface area contributed by atoms with Crippen LogP contribution in [-0.4, -0.2) is 35.2 Å². The topological polar surface area (TPSA) is 52.6 Å². The van der Waals surface area contributed by atoms with Crippen molar-refractivity contribution in [3.05, 3.63) is 47.0 Å². The van der Waals surface area contributed by atoms with Crippen molar-refractivity contribution in [2.75, 3.05) is 13.1 Å². The Balaban J connectivity index is 1.49. The van der Waals surface area contributed by atoms with Gasteiger partial charge in [0, 0.05) is 24.2 Å². The van der Waals surface area contributed by atoms with E-state index in [1.807, 2.05) is 17.0 Å². The van der Waals surface area contributed by atoms with Gasteiger partial charge in [-0.05, 0) is 49.3 Å². The molecule has 2 aliphatic rings. The van der Waals surface area contributed by atoms with Crippen LogP contribution in [0.25, 0.3) is 0 Å². The summed E-state index contributed by atoms with van der Waals surface area (Å²) in [6.45, 7) is 1.39. The van der Waals surface area contributed by atoms with Crippen LogP contribution < -0.4 is 5.32 Å². The summed E-state index contributed by atoms with van der Waals surface area (Å²) < 4.78 is 0. The van der Waals surface area contributed by atoms with E-state index in [9.17, 15) is 9.90 Å². The molecule has 1 heterocycles. The number of urea groups is 1. The van der Waals surface area contributed by atoms with Crippen molar-refractivity contribution in [2.24, 2.45) is 5.92 Å². The molecule has 0 aromatic heterocycles. The monoisotopic (exact) mass is 334 g/mol. The molecule has 1 aliphatic heterocycles. The van der Waals surface area contributed by atoms with E-state index < -0.39 is 6.10 Å². The first-order valence-electron chi connectivity index (χ1n) is 8.27. The van der Waals surface area contributed by atoms with Gasteiger partial charge in [-0.1, -0.05) is 35.9 Å². The zero-order valence-electron chi connectivity index (χ0n) is 13.1. The van der Waals surface area contributed by atoms with E-state index in [4.69, 9.17) is 11.6 Å². The van der Waals surface area contributed by atoms with Gasteiger partial charge in [-0.15, -0.1) is 0 Å². The molecule has 0 spiro atoms. The number of halogens is 1. The average molecular weight is 335 g/mol. The highest BCUT2D eigenvalue weighted by molar-refractivity contribution is 6.30. The molecule has 23 heavy (non-hydrogen) atoms. The molecule has 1 unspecified atom stereocenters. The molecule has 124 valence electrons. The second-order valence-electron chi connectivity index (χ2n) is 6.41. The lowest BCUT2D eigenvalue weighted by Gasteiger charge is -2.35. The third-order valence-electron chi connectivity index (χ3n) is 4.82. The van der Waals surface area contributed by atoms with Gasteiger partial charge in [0.1, 0.15) is 0 Å². The van der Waals surface area contributed by atoms with Gasteiger partial charge in [-0.3, -0.25) is 0 Å². The van der Waals surface area contributed by atoms with Crippen LogP contribution in [0.4, 0.5) is 4.79 Å². The number of benzene rings is 1. The molecule has 2 N–H and O–H groups in total. The van der Waals surface area contributed by atoms with Gasteiger partial charge in [0.15, 0.2) is 0 Å². The number of carbonyl (C=O) groups is 1. The van der Waals surface area contributed by atoms with Gasteiger partial charge in [0.2, 0.25) is 0 Å². The number of nitrogens with one attached hydrogen (secondary N) is 1. The van der Waals surface area contributed by atoms with Crippen LogP contribution in [0.15, 0.2) is 36.4 Å². The molecule has 1 saturated heterocycles. The van der Waals surface area contributed by atoms with Crippen molar-refractivity contribution in [3.63, 3.8) is 0 Å². The number of hydrogen-bond donors (Lipinski definition) is 2. The highest BCUT2D eigenvalue weighted by Crippen LogP contribution is 2.31. The van der Waals surface area contributed by atoms with Crippen LogP contribution in [0.3, 0.4) is 0 Å². The summed E-state index contributed by atoms with van der Waals surface area (Å²) in [5.41, 5.74) is 0.898.